The molecule has 3 N–H and O–H groups in total. The first-order chi connectivity index (χ1) is 9.10. The summed E-state index contributed by atoms with van der Waals surface area (Å²) in [7, 11) is 0. The Bertz CT molecular complexity index is 462. The van der Waals surface area contributed by atoms with Gasteiger partial charge in [-0.15, -0.1) is 0 Å². The van der Waals surface area contributed by atoms with E-state index in [0.717, 1.165) is 24.9 Å². The third-order valence-electron chi connectivity index (χ3n) is 3.93. The summed E-state index contributed by atoms with van der Waals surface area (Å²) < 4.78 is 5.09. The van der Waals surface area contributed by atoms with Crippen molar-refractivity contribution in [1.29, 1.82) is 0 Å². The van der Waals surface area contributed by atoms with Gasteiger partial charge in [0.2, 0.25) is 0 Å². The largest absolute Gasteiger partial charge is 0.462 e. The van der Waals surface area contributed by atoms with Crippen LogP contribution < -0.4 is 11.1 Å². The zero-order valence-corrected chi connectivity index (χ0v) is 11.7. The summed E-state index contributed by atoms with van der Waals surface area (Å²) in [5.74, 6) is -0.317. The van der Waals surface area contributed by atoms with Gasteiger partial charge in [-0.05, 0) is 50.8 Å². The van der Waals surface area contributed by atoms with E-state index in [1.165, 1.54) is 6.42 Å². The van der Waals surface area contributed by atoms with E-state index in [9.17, 15) is 4.79 Å². The van der Waals surface area contributed by atoms with Crippen LogP contribution in [0.25, 0.3) is 0 Å². The fourth-order valence-electron chi connectivity index (χ4n) is 2.50. The maximum atomic E-state index is 12.0. The highest BCUT2D eigenvalue weighted by atomic mass is 16.5. The van der Waals surface area contributed by atoms with Crippen molar-refractivity contribution >= 4 is 17.3 Å². The van der Waals surface area contributed by atoms with E-state index in [-0.39, 0.29) is 11.5 Å². The summed E-state index contributed by atoms with van der Waals surface area (Å²) in [5.41, 5.74) is 7.84. The third kappa shape index (κ3) is 2.83. The highest BCUT2D eigenvalue weighted by Gasteiger charge is 2.35. The minimum absolute atomic E-state index is 0.136. The Morgan fingerprint density at radius 2 is 2.16 bits per heavy atom. The van der Waals surface area contributed by atoms with Crippen LogP contribution in [0.2, 0.25) is 0 Å². The summed E-state index contributed by atoms with van der Waals surface area (Å²) in [4.78, 5) is 12.0. The maximum absolute atomic E-state index is 12.0. The Hall–Kier alpha value is -1.71. The lowest BCUT2D eigenvalue weighted by Gasteiger charge is -2.43. The van der Waals surface area contributed by atoms with Crippen LogP contribution in [0.1, 0.15) is 49.9 Å². The van der Waals surface area contributed by atoms with Crippen molar-refractivity contribution in [3.05, 3.63) is 23.8 Å². The fourth-order valence-corrected chi connectivity index (χ4v) is 2.50. The van der Waals surface area contributed by atoms with E-state index < -0.39 is 0 Å². The predicted molar refractivity (Wildman–Crippen MR) is 77.3 cm³/mol. The van der Waals surface area contributed by atoms with E-state index in [0.29, 0.717) is 17.9 Å². The number of nitrogens with one attached hydrogen (secondary N) is 1. The predicted octanol–water partition coefficient (Wildman–Crippen LogP) is 3.19. The van der Waals surface area contributed by atoms with Crippen LogP contribution >= 0.6 is 0 Å². The van der Waals surface area contributed by atoms with E-state index >= 15 is 0 Å². The molecule has 0 saturated heterocycles. The van der Waals surface area contributed by atoms with E-state index in [1.807, 2.05) is 12.1 Å². The van der Waals surface area contributed by atoms with Gasteiger partial charge < -0.3 is 15.8 Å². The van der Waals surface area contributed by atoms with Crippen molar-refractivity contribution in [3.8, 4) is 0 Å². The Labute approximate surface area is 114 Å². The molecule has 4 nitrogen and oxygen atoms in total. The normalized spacial score (nSPS) is 16.5. The average molecular weight is 262 g/mol. The number of nitrogen functional groups attached to an aromatic ring is 1. The Balaban J connectivity index is 2.26. The molecular formula is C15H22N2O2. The zero-order valence-electron chi connectivity index (χ0n) is 11.7. The highest BCUT2D eigenvalue weighted by molar-refractivity contribution is 5.96. The van der Waals surface area contributed by atoms with E-state index in [4.69, 9.17) is 10.5 Å². The number of hydrogen-bond acceptors (Lipinski definition) is 4. The molecule has 0 heterocycles. The lowest BCUT2D eigenvalue weighted by molar-refractivity contribution is 0.0527. The van der Waals surface area contributed by atoms with Gasteiger partial charge in [-0.2, -0.15) is 0 Å². The van der Waals surface area contributed by atoms with Gasteiger partial charge in [0, 0.05) is 16.9 Å². The Morgan fingerprint density at radius 1 is 1.42 bits per heavy atom. The Morgan fingerprint density at radius 3 is 2.68 bits per heavy atom. The molecule has 0 aromatic heterocycles. The molecule has 1 aliphatic rings. The monoisotopic (exact) mass is 262 g/mol. The maximum Gasteiger partial charge on any atom is 0.340 e. The molecule has 104 valence electrons. The number of ether oxygens (including phenoxy) is 1. The second-order valence-electron chi connectivity index (χ2n) is 5.14. The molecule has 0 atom stereocenters. The second kappa shape index (κ2) is 5.51. The molecule has 1 fully saturated rings. The molecule has 19 heavy (non-hydrogen) atoms. The number of carbonyl (C=O) groups is 1. The first-order valence-corrected chi connectivity index (χ1v) is 6.95. The van der Waals surface area contributed by atoms with Crippen molar-refractivity contribution in [2.45, 2.75) is 45.1 Å². The van der Waals surface area contributed by atoms with Gasteiger partial charge in [0.25, 0.3) is 0 Å². The zero-order chi connectivity index (χ0) is 13.9. The van der Waals surface area contributed by atoms with Crippen LogP contribution in [0, 0.1) is 0 Å². The summed E-state index contributed by atoms with van der Waals surface area (Å²) in [6.07, 6.45) is 4.59. The van der Waals surface area contributed by atoms with Crippen molar-refractivity contribution in [2.75, 3.05) is 17.7 Å². The third-order valence-corrected chi connectivity index (χ3v) is 3.93. The van der Waals surface area contributed by atoms with Gasteiger partial charge in [0.05, 0.1) is 12.2 Å². The Kier molecular flexibility index (Phi) is 3.98. The van der Waals surface area contributed by atoms with Gasteiger partial charge in [-0.3, -0.25) is 0 Å². The second-order valence-corrected chi connectivity index (χ2v) is 5.14. The topological polar surface area (TPSA) is 64.3 Å². The number of carbonyl (C=O) groups excluding carboxylic acids is 1. The van der Waals surface area contributed by atoms with E-state index in [2.05, 4.69) is 12.2 Å². The minimum atomic E-state index is -0.317. The molecule has 2 rings (SSSR count). The quantitative estimate of drug-likeness (QED) is 0.632. The highest BCUT2D eigenvalue weighted by Crippen LogP contribution is 2.39. The summed E-state index contributed by atoms with van der Waals surface area (Å²) in [5, 5.41) is 3.52. The van der Waals surface area contributed by atoms with Crippen LogP contribution in [0.4, 0.5) is 11.4 Å². The molecule has 0 radical (unpaired) electrons. The molecule has 4 heteroatoms. The molecule has 1 aromatic carbocycles. The van der Waals surface area contributed by atoms with Gasteiger partial charge in [0.15, 0.2) is 0 Å². The van der Waals surface area contributed by atoms with Crippen LogP contribution in [0.5, 0.6) is 0 Å². The van der Waals surface area contributed by atoms with Crippen molar-refractivity contribution in [3.63, 3.8) is 0 Å². The van der Waals surface area contributed by atoms with Crippen molar-refractivity contribution in [2.24, 2.45) is 0 Å². The van der Waals surface area contributed by atoms with Crippen molar-refractivity contribution < 1.29 is 9.53 Å². The van der Waals surface area contributed by atoms with Crippen LogP contribution in [0.15, 0.2) is 18.2 Å². The van der Waals surface area contributed by atoms with Crippen LogP contribution in [0.3, 0.4) is 0 Å². The number of anilines is 2. The SMILES string of the molecule is CCOC(=O)c1cc(N)ccc1NC1(CC)CCC1. The van der Waals surface area contributed by atoms with Crippen LogP contribution in [-0.4, -0.2) is 18.1 Å². The number of benzene rings is 1. The lowest BCUT2D eigenvalue weighted by atomic mass is 9.74. The lowest BCUT2D eigenvalue weighted by Crippen LogP contribution is -2.44. The summed E-state index contributed by atoms with van der Waals surface area (Å²) in [6.45, 7) is 4.34. The molecule has 0 bridgehead atoms. The molecular weight excluding hydrogens is 240 g/mol. The van der Waals surface area contributed by atoms with Crippen LogP contribution in [-0.2, 0) is 4.74 Å². The number of nitrogens with two attached hydrogens (primary N) is 1. The molecule has 0 aliphatic heterocycles. The molecule has 0 amide bonds. The van der Waals surface area contributed by atoms with Crippen molar-refractivity contribution in [1.82, 2.24) is 0 Å². The number of rotatable bonds is 5. The molecule has 1 saturated carbocycles. The minimum Gasteiger partial charge on any atom is -0.462 e. The molecule has 1 aromatic rings. The van der Waals surface area contributed by atoms with Gasteiger partial charge >= 0.3 is 5.97 Å². The number of hydrogen-bond donors (Lipinski definition) is 2. The smallest absolute Gasteiger partial charge is 0.340 e. The van der Waals surface area contributed by atoms with Gasteiger partial charge in [-0.25, -0.2) is 4.79 Å². The molecule has 0 unspecified atom stereocenters. The average Bonchev–Trinajstić information content (AvgIpc) is 2.35. The van der Waals surface area contributed by atoms with Gasteiger partial charge in [0.1, 0.15) is 0 Å². The standard InChI is InChI=1S/C15H22N2O2/c1-3-15(8-5-9-15)17-13-7-6-11(16)10-12(13)14(18)19-4-2/h6-7,10,17H,3-5,8-9,16H2,1-2H3. The first-order valence-electron chi connectivity index (χ1n) is 6.95. The first kappa shape index (κ1) is 13.7. The summed E-state index contributed by atoms with van der Waals surface area (Å²) in [6, 6.07) is 5.37. The van der Waals surface area contributed by atoms with Gasteiger partial charge in [-0.1, -0.05) is 6.92 Å². The van der Waals surface area contributed by atoms with E-state index in [1.54, 1.807) is 13.0 Å². The number of esters is 1. The molecule has 0 spiro atoms. The molecule has 1 aliphatic carbocycles. The fraction of sp³-hybridized carbons (Fsp3) is 0.533. The summed E-state index contributed by atoms with van der Waals surface area (Å²) >= 11 is 0.